The summed E-state index contributed by atoms with van der Waals surface area (Å²) in [4.78, 5) is 0. The molecule has 0 aromatic heterocycles. The molecule has 2 nitrogen and oxygen atoms in total. The Kier molecular flexibility index (Phi) is 7.69. The molecule has 3 aromatic rings. The zero-order chi connectivity index (χ0) is 21.6. The molecule has 158 valence electrons. The van der Waals surface area contributed by atoms with Crippen molar-refractivity contribution in [3.05, 3.63) is 94.5 Å². The van der Waals surface area contributed by atoms with E-state index in [4.69, 9.17) is 4.74 Å². The van der Waals surface area contributed by atoms with Gasteiger partial charge >= 0.3 is 0 Å². The van der Waals surface area contributed by atoms with Crippen LogP contribution in [0.1, 0.15) is 48.1 Å². The highest BCUT2D eigenvalue weighted by molar-refractivity contribution is 7.48. The zero-order valence-corrected chi connectivity index (χ0v) is 19.9. The summed E-state index contributed by atoms with van der Waals surface area (Å²) >= 11 is 0. The van der Waals surface area contributed by atoms with E-state index in [0.717, 1.165) is 18.7 Å². The molecule has 0 spiro atoms. The summed E-state index contributed by atoms with van der Waals surface area (Å²) in [5, 5.41) is 4.80. The maximum Gasteiger partial charge on any atom is 0.123 e. The summed E-state index contributed by atoms with van der Waals surface area (Å²) in [5.41, 5.74) is 6.50. The summed E-state index contributed by atoms with van der Waals surface area (Å²) in [7, 11) is 2.69. The average Bonchev–Trinajstić information content (AvgIpc) is 2.75. The van der Waals surface area contributed by atoms with Crippen molar-refractivity contribution in [1.82, 2.24) is 5.32 Å². The minimum absolute atomic E-state index is 0.0236. The average molecular weight is 420 g/mol. The Labute approximate surface area is 183 Å². The molecule has 0 amide bonds. The highest BCUT2D eigenvalue weighted by atomic mass is 31.1. The number of hydrogen-bond donors (Lipinski definition) is 1. The van der Waals surface area contributed by atoms with Gasteiger partial charge in [-0.1, -0.05) is 94.2 Å². The van der Waals surface area contributed by atoms with Crippen molar-refractivity contribution < 1.29 is 4.74 Å². The van der Waals surface area contributed by atoms with Gasteiger partial charge in [0, 0.05) is 17.3 Å². The van der Waals surface area contributed by atoms with Gasteiger partial charge in [0.15, 0.2) is 0 Å². The van der Waals surface area contributed by atoms with Gasteiger partial charge in [-0.05, 0) is 49.8 Å². The van der Waals surface area contributed by atoms with Crippen molar-refractivity contribution in [3.63, 3.8) is 0 Å². The lowest BCUT2D eigenvalue weighted by molar-refractivity contribution is 0.299. The Hall–Kier alpha value is -2.15. The fraction of sp³-hybridized carbons (Fsp3) is 0.333. The standard InChI is InChI=1S/C27H34NOP/c1-6-27(4,30-26-15-13-20(2)16-23(26)18-28-5)24-17-21(3)12-14-25(24)29-19-22-10-8-7-9-11-22/h7-17,28,30H,6,18-19H2,1-5H3. The predicted molar refractivity (Wildman–Crippen MR) is 131 cm³/mol. The van der Waals surface area contributed by atoms with Gasteiger partial charge < -0.3 is 10.1 Å². The van der Waals surface area contributed by atoms with Gasteiger partial charge in [0.2, 0.25) is 0 Å². The number of rotatable bonds is 9. The molecule has 0 fully saturated rings. The Balaban J connectivity index is 1.94. The van der Waals surface area contributed by atoms with Gasteiger partial charge in [-0.2, -0.15) is 0 Å². The Morgan fingerprint density at radius 3 is 2.33 bits per heavy atom. The second kappa shape index (κ2) is 10.2. The largest absolute Gasteiger partial charge is 0.489 e. The first kappa shape index (κ1) is 22.5. The Morgan fingerprint density at radius 2 is 1.63 bits per heavy atom. The van der Waals surface area contributed by atoms with Crippen molar-refractivity contribution in [2.45, 2.75) is 52.4 Å². The van der Waals surface area contributed by atoms with Gasteiger partial charge in [0.1, 0.15) is 12.4 Å². The van der Waals surface area contributed by atoms with Gasteiger partial charge in [0.05, 0.1) is 0 Å². The Morgan fingerprint density at radius 1 is 0.933 bits per heavy atom. The van der Waals surface area contributed by atoms with E-state index < -0.39 is 0 Å². The monoisotopic (exact) mass is 419 g/mol. The third kappa shape index (κ3) is 5.50. The lowest BCUT2D eigenvalue weighted by Gasteiger charge is -2.32. The van der Waals surface area contributed by atoms with Crippen molar-refractivity contribution >= 4 is 13.9 Å². The fourth-order valence-corrected chi connectivity index (χ4v) is 5.35. The molecule has 3 heteroatoms. The van der Waals surface area contributed by atoms with Crippen LogP contribution in [0.5, 0.6) is 5.75 Å². The number of benzene rings is 3. The lowest BCUT2D eigenvalue weighted by Crippen LogP contribution is -2.22. The molecule has 0 saturated carbocycles. The van der Waals surface area contributed by atoms with Crippen LogP contribution in [0.2, 0.25) is 0 Å². The fourth-order valence-electron chi connectivity index (χ4n) is 3.76. The number of hydrogen-bond acceptors (Lipinski definition) is 2. The number of ether oxygens (including phenoxy) is 1. The van der Waals surface area contributed by atoms with Crippen molar-refractivity contribution in [1.29, 1.82) is 0 Å². The van der Waals surface area contributed by atoms with Crippen LogP contribution >= 0.6 is 8.58 Å². The zero-order valence-electron chi connectivity index (χ0n) is 18.9. The minimum atomic E-state index is 0.0236. The van der Waals surface area contributed by atoms with Crippen LogP contribution in [0.3, 0.4) is 0 Å². The highest BCUT2D eigenvalue weighted by Gasteiger charge is 2.29. The van der Waals surface area contributed by atoms with E-state index >= 15 is 0 Å². The molecule has 3 aromatic carbocycles. The van der Waals surface area contributed by atoms with Gasteiger partial charge in [0.25, 0.3) is 0 Å². The smallest absolute Gasteiger partial charge is 0.123 e. The quantitative estimate of drug-likeness (QED) is 0.415. The van der Waals surface area contributed by atoms with E-state index in [2.05, 4.69) is 93.7 Å². The van der Waals surface area contributed by atoms with Gasteiger partial charge in [-0.25, -0.2) is 0 Å². The van der Waals surface area contributed by atoms with Crippen molar-refractivity contribution in [2.75, 3.05) is 7.05 Å². The van der Waals surface area contributed by atoms with Crippen LogP contribution in [0.15, 0.2) is 66.7 Å². The molecular formula is C27H34NOP. The first-order chi connectivity index (χ1) is 14.4. The van der Waals surface area contributed by atoms with E-state index in [0.29, 0.717) is 15.2 Å². The normalized spacial score (nSPS) is 13.5. The molecule has 0 bridgehead atoms. The Bertz CT molecular complexity index is 970. The van der Waals surface area contributed by atoms with E-state index in [1.807, 2.05) is 13.1 Å². The summed E-state index contributed by atoms with van der Waals surface area (Å²) in [6.07, 6.45) is 1.06. The van der Waals surface area contributed by atoms with Crippen LogP contribution in [0, 0.1) is 13.8 Å². The molecule has 0 aliphatic heterocycles. The van der Waals surface area contributed by atoms with Crippen LogP contribution in [-0.4, -0.2) is 7.05 Å². The highest BCUT2D eigenvalue weighted by Crippen LogP contribution is 2.48. The molecule has 0 aliphatic rings. The first-order valence-corrected chi connectivity index (χ1v) is 11.8. The predicted octanol–water partition coefficient (Wildman–Crippen LogP) is 6.23. The maximum absolute atomic E-state index is 6.35. The molecule has 2 unspecified atom stereocenters. The van der Waals surface area contributed by atoms with Crippen molar-refractivity contribution in [3.8, 4) is 5.75 Å². The SMILES string of the molecule is CCC(C)(Pc1ccc(C)cc1CNC)c1cc(C)ccc1OCc1ccccc1. The second-order valence-electron chi connectivity index (χ2n) is 8.28. The molecule has 1 N–H and O–H groups in total. The summed E-state index contributed by atoms with van der Waals surface area (Å²) < 4.78 is 6.35. The number of nitrogens with one attached hydrogen (secondary N) is 1. The van der Waals surface area contributed by atoms with E-state index in [9.17, 15) is 0 Å². The molecule has 0 heterocycles. The summed E-state index contributed by atoms with van der Waals surface area (Å²) in [6.45, 7) is 10.5. The maximum atomic E-state index is 6.35. The van der Waals surface area contributed by atoms with Crippen LogP contribution in [0.4, 0.5) is 0 Å². The molecule has 0 aliphatic carbocycles. The summed E-state index contributed by atoms with van der Waals surface area (Å²) in [5.74, 6) is 1.00. The van der Waals surface area contributed by atoms with Crippen LogP contribution in [-0.2, 0) is 18.3 Å². The third-order valence-corrected chi connectivity index (χ3v) is 7.64. The molecule has 0 radical (unpaired) electrons. The topological polar surface area (TPSA) is 21.3 Å². The first-order valence-electron chi connectivity index (χ1n) is 10.8. The molecule has 30 heavy (non-hydrogen) atoms. The van der Waals surface area contributed by atoms with Crippen molar-refractivity contribution in [2.24, 2.45) is 0 Å². The summed E-state index contributed by atoms with van der Waals surface area (Å²) in [6, 6.07) is 23.9. The van der Waals surface area contributed by atoms with Crippen LogP contribution < -0.4 is 15.4 Å². The van der Waals surface area contributed by atoms with E-state index in [1.54, 1.807) is 0 Å². The van der Waals surface area contributed by atoms with Gasteiger partial charge in [-0.15, -0.1) is 0 Å². The lowest BCUT2D eigenvalue weighted by atomic mass is 9.95. The number of aryl methyl sites for hydroxylation is 2. The minimum Gasteiger partial charge on any atom is -0.489 e. The third-order valence-electron chi connectivity index (χ3n) is 5.71. The molecular weight excluding hydrogens is 385 g/mol. The van der Waals surface area contributed by atoms with Crippen LogP contribution in [0.25, 0.3) is 0 Å². The van der Waals surface area contributed by atoms with Gasteiger partial charge in [-0.3, -0.25) is 0 Å². The molecule has 3 rings (SSSR count). The van der Waals surface area contributed by atoms with E-state index in [1.165, 1.54) is 33.1 Å². The van der Waals surface area contributed by atoms with E-state index in [-0.39, 0.29) is 5.16 Å². The molecule has 0 saturated heterocycles. The molecule has 2 atom stereocenters. The second-order valence-corrected chi connectivity index (χ2v) is 10.2.